The van der Waals surface area contributed by atoms with Crippen LogP contribution in [0.4, 0.5) is 0 Å². The molecule has 0 aliphatic heterocycles. The number of amides is 1. The van der Waals surface area contributed by atoms with Crippen molar-refractivity contribution in [2.24, 2.45) is 0 Å². The van der Waals surface area contributed by atoms with Gasteiger partial charge in [0.05, 0.1) is 18.7 Å². The first-order valence-corrected chi connectivity index (χ1v) is 5.80. The molecule has 1 unspecified atom stereocenters. The summed E-state index contributed by atoms with van der Waals surface area (Å²) in [6.45, 7) is 4.13. The van der Waals surface area contributed by atoms with Gasteiger partial charge in [0.15, 0.2) is 0 Å². The number of nitrogens with one attached hydrogen (secondary N) is 2. The number of thiazole rings is 1. The van der Waals surface area contributed by atoms with Crippen LogP contribution < -0.4 is 10.6 Å². The first kappa shape index (κ1) is 12.6. The van der Waals surface area contributed by atoms with Gasteiger partial charge in [0, 0.05) is 11.1 Å². The fourth-order valence-electron chi connectivity index (χ4n) is 1.10. The lowest BCUT2D eigenvalue weighted by Gasteiger charge is -2.10. The number of carbonyl (C=O) groups is 1. The van der Waals surface area contributed by atoms with Crippen molar-refractivity contribution in [1.29, 1.82) is 5.26 Å². The molecule has 1 aromatic heterocycles. The van der Waals surface area contributed by atoms with E-state index < -0.39 is 0 Å². The van der Waals surface area contributed by atoms with Gasteiger partial charge in [0.2, 0.25) is 5.91 Å². The smallest absolute Gasteiger partial charge is 0.234 e. The lowest BCUT2D eigenvalue weighted by atomic mass is 10.3. The SMILES string of the molecule is Cc1csc(C(C)NCC(=O)NCC#N)n1. The summed E-state index contributed by atoms with van der Waals surface area (Å²) in [5, 5.41) is 16.7. The molecule has 1 atom stereocenters. The van der Waals surface area contributed by atoms with Crippen LogP contribution in [0.25, 0.3) is 0 Å². The van der Waals surface area contributed by atoms with Crippen LogP contribution in [0.1, 0.15) is 23.7 Å². The molecular weight excluding hydrogens is 224 g/mol. The second-order valence-corrected chi connectivity index (χ2v) is 4.25. The average molecular weight is 238 g/mol. The van der Waals surface area contributed by atoms with E-state index in [1.54, 1.807) is 11.3 Å². The van der Waals surface area contributed by atoms with Crippen LogP contribution in [0.2, 0.25) is 0 Å². The van der Waals surface area contributed by atoms with Crippen molar-refractivity contribution < 1.29 is 4.79 Å². The fraction of sp³-hybridized carbons (Fsp3) is 0.500. The number of carbonyl (C=O) groups excluding carboxylic acids is 1. The third-order valence-electron chi connectivity index (χ3n) is 1.94. The molecule has 86 valence electrons. The highest BCUT2D eigenvalue weighted by Crippen LogP contribution is 2.16. The van der Waals surface area contributed by atoms with Crippen LogP contribution >= 0.6 is 11.3 Å². The van der Waals surface area contributed by atoms with E-state index in [2.05, 4.69) is 15.6 Å². The molecular formula is C10H14N4OS. The van der Waals surface area contributed by atoms with Gasteiger partial charge in [-0.3, -0.25) is 10.1 Å². The van der Waals surface area contributed by atoms with Crippen molar-refractivity contribution in [1.82, 2.24) is 15.6 Å². The van der Waals surface area contributed by atoms with Gasteiger partial charge >= 0.3 is 0 Å². The zero-order valence-electron chi connectivity index (χ0n) is 9.28. The van der Waals surface area contributed by atoms with Gasteiger partial charge in [-0.05, 0) is 13.8 Å². The molecule has 1 aromatic rings. The second-order valence-electron chi connectivity index (χ2n) is 3.36. The maximum absolute atomic E-state index is 11.2. The lowest BCUT2D eigenvalue weighted by Crippen LogP contribution is -2.35. The topological polar surface area (TPSA) is 77.8 Å². The molecule has 0 aliphatic rings. The zero-order chi connectivity index (χ0) is 12.0. The van der Waals surface area contributed by atoms with Gasteiger partial charge in [-0.25, -0.2) is 4.98 Å². The van der Waals surface area contributed by atoms with E-state index in [0.29, 0.717) is 0 Å². The summed E-state index contributed by atoms with van der Waals surface area (Å²) >= 11 is 1.57. The van der Waals surface area contributed by atoms with E-state index in [1.165, 1.54) is 0 Å². The van der Waals surface area contributed by atoms with Crippen LogP contribution in [-0.2, 0) is 4.79 Å². The van der Waals surface area contributed by atoms with Crippen molar-refractivity contribution in [3.63, 3.8) is 0 Å². The number of nitriles is 1. The fourth-order valence-corrected chi connectivity index (χ4v) is 1.93. The summed E-state index contributed by atoms with van der Waals surface area (Å²) in [6.07, 6.45) is 0. The standard InChI is InChI=1S/C10H14N4OS/c1-7-6-16-10(14-7)8(2)13-5-9(15)12-4-3-11/h6,8,13H,4-5H2,1-2H3,(H,12,15). The monoisotopic (exact) mass is 238 g/mol. The van der Waals surface area contributed by atoms with E-state index in [0.717, 1.165) is 10.7 Å². The third-order valence-corrected chi connectivity index (χ3v) is 3.09. The Morgan fingerprint density at radius 1 is 1.75 bits per heavy atom. The Labute approximate surface area is 98.5 Å². The van der Waals surface area contributed by atoms with Crippen LogP contribution in [0.5, 0.6) is 0 Å². The molecule has 1 amide bonds. The van der Waals surface area contributed by atoms with Crippen molar-refractivity contribution >= 4 is 17.2 Å². The highest BCUT2D eigenvalue weighted by molar-refractivity contribution is 7.09. The lowest BCUT2D eigenvalue weighted by molar-refractivity contribution is -0.120. The summed E-state index contributed by atoms with van der Waals surface area (Å²) < 4.78 is 0. The summed E-state index contributed by atoms with van der Waals surface area (Å²) in [6, 6.07) is 1.90. The average Bonchev–Trinajstić information content (AvgIpc) is 2.69. The number of hydrogen-bond acceptors (Lipinski definition) is 5. The number of aryl methyl sites for hydroxylation is 1. The molecule has 0 saturated heterocycles. The van der Waals surface area contributed by atoms with E-state index in [1.807, 2.05) is 25.3 Å². The maximum atomic E-state index is 11.2. The van der Waals surface area contributed by atoms with Gasteiger partial charge in [-0.2, -0.15) is 5.26 Å². The molecule has 5 nitrogen and oxygen atoms in total. The zero-order valence-corrected chi connectivity index (χ0v) is 10.1. The van der Waals surface area contributed by atoms with Gasteiger partial charge in [0.25, 0.3) is 0 Å². The van der Waals surface area contributed by atoms with E-state index >= 15 is 0 Å². The van der Waals surface area contributed by atoms with Crippen molar-refractivity contribution in [2.45, 2.75) is 19.9 Å². The van der Waals surface area contributed by atoms with E-state index in [-0.39, 0.29) is 25.0 Å². The number of rotatable bonds is 5. The first-order chi connectivity index (χ1) is 7.63. The predicted molar refractivity (Wildman–Crippen MR) is 61.9 cm³/mol. The summed E-state index contributed by atoms with van der Waals surface area (Å²) in [4.78, 5) is 15.5. The molecule has 2 N–H and O–H groups in total. The molecule has 0 radical (unpaired) electrons. The Kier molecular flexibility index (Phi) is 4.89. The number of aromatic nitrogens is 1. The van der Waals surface area contributed by atoms with E-state index in [9.17, 15) is 4.79 Å². The Hall–Kier alpha value is -1.45. The van der Waals surface area contributed by atoms with Crippen LogP contribution in [0.15, 0.2) is 5.38 Å². The quantitative estimate of drug-likeness (QED) is 0.742. The second kappa shape index (κ2) is 6.20. The van der Waals surface area contributed by atoms with Crippen molar-refractivity contribution in [2.75, 3.05) is 13.1 Å². The summed E-state index contributed by atoms with van der Waals surface area (Å²) in [5.41, 5.74) is 0.989. The predicted octanol–water partition coefficient (Wildman–Crippen LogP) is 0.742. The molecule has 0 saturated carbocycles. The van der Waals surface area contributed by atoms with Gasteiger partial charge in [-0.15, -0.1) is 11.3 Å². The van der Waals surface area contributed by atoms with Gasteiger partial charge < -0.3 is 5.32 Å². The minimum atomic E-state index is -0.179. The highest BCUT2D eigenvalue weighted by atomic mass is 32.1. The molecule has 1 heterocycles. The third kappa shape index (κ3) is 3.96. The molecule has 6 heteroatoms. The van der Waals surface area contributed by atoms with Crippen LogP contribution in [0, 0.1) is 18.3 Å². The van der Waals surface area contributed by atoms with E-state index in [4.69, 9.17) is 5.26 Å². The molecule has 16 heavy (non-hydrogen) atoms. The highest BCUT2D eigenvalue weighted by Gasteiger charge is 2.10. The van der Waals surface area contributed by atoms with Gasteiger partial charge in [0.1, 0.15) is 11.6 Å². The summed E-state index contributed by atoms with van der Waals surface area (Å²) in [5.74, 6) is -0.179. The molecule has 0 aliphatic carbocycles. The van der Waals surface area contributed by atoms with Crippen molar-refractivity contribution in [3.05, 3.63) is 16.1 Å². The Bertz CT molecular complexity index is 396. The minimum absolute atomic E-state index is 0.0469. The summed E-state index contributed by atoms with van der Waals surface area (Å²) in [7, 11) is 0. The largest absolute Gasteiger partial charge is 0.342 e. The van der Waals surface area contributed by atoms with Crippen molar-refractivity contribution in [3.8, 4) is 6.07 Å². The van der Waals surface area contributed by atoms with Crippen LogP contribution in [-0.4, -0.2) is 24.0 Å². The van der Waals surface area contributed by atoms with Gasteiger partial charge in [-0.1, -0.05) is 0 Å². The normalized spacial score (nSPS) is 11.8. The Morgan fingerprint density at radius 3 is 3.06 bits per heavy atom. The molecule has 0 bridgehead atoms. The molecule has 0 fully saturated rings. The Morgan fingerprint density at radius 2 is 2.50 bits per heavy atom. The van der Waals surface area contributed by atoms with Crippen LogP contribution in [0.3, 0.4) is 0 Å². The molecule has 0 spiro atoms. The Balaban J connectivity index is 2.33. The minimum Gasteiger partial charge on any atom is -0.342 e. The maximum Gasteiger partial charge on any atom is 0.234 e. The molecule has 1 rings (SSSR count). The number of hydrogen-bond donors (Lipinski definition) is 2. The first-order valence-electron chi connectivity index (χ1n) is 4.92. The number of nitrogens with zero attached hydrogens (tertiary/aromatic N) is 2. The molecule has 0 aromatic carbocycles.